The molecule has 1 aromatic rings. The molecule has 0 spiro atoms. The Morgan fingerprint density at radius 2 is 2.10 bits per heavy atom. The Hall–Kier alpha value is -0.910. The maximum absolute atomic E-state index is 6.16. The van der Waals surface area contributed by atoms with Crippen molar-refractivity contribution < 1.29 is 4.74 Å². The first-order valence-electron chi connectivity index (χ1n) is 7.69. The van der Waals surface area contributed by atoms with Crippen LogP contribution in [0.15, 0.2) is 12.4 Å². The van der Waals surface area contributed by atoms with Crippen molar-refractivity contribution in [2.75, 3.05) is 20.6 Å². The molecule has 0 aliphatic carbocycles. The molecule has 0 radical (unpaired) electrons. The molecule has 1 fully saturated rings. The van der Waals surface area contributed by atoms with Gasteiger partial charge in [0.2, 0.25) is 0 Å². The largest absolute Gasteiger partial charge is 0.368 e. The first-order chi connectivity index (χ1) is 9.61. The number of hydrogen-bond acceptors (Lipinski definition) is 4. The molecule has 1 aromatic heterocycles. The van der Waals surface area contributed by atoms with Gasteiger partial charge in [-0.25, -0.2) is 0 Å². The lowest BCUT2D eigenvalue weighted by Gasteiger charge is -2.30. The molecule has 0 bridgehead atoms. The van der Waals surface area contributed by atoms with Gasteiger partial charge in [0.1, 0.15) is 0 Å². The molecule has 0 amide bonds. The van der Waals surface area contributed by atoms with E-state index >= 15 is 0 Å². The van der Waals surface area contributed by atoms with E-state index in [0.717, 1.165) is 13.0 Å². The summed E-state index contributed by atoms with van der Waals surface area (Å²) in [5.74, 6) is 0. The first-order valence-corrected chi connectivity index (χ1v) is 7.69. The molecule has 1 aliphatic heterocycles. The van der Waals surface area contributed by atoms with Crippen LogP contribution in [-0.4, -0.2) is 52.6 Å². The van der Waals surface area contributed by atoms with Crippen LogP contribution in [0.1, 0.15) is 45.7 Å². The quantitative estimate of drug-likeness (QED) is 0.901. The minimum Gasteiger partial charge on any atom is -0.368 e. The SMILES string of the molecule is CN(C)[C@@H](CN[C@H]1CC(C)(C)OC1(C)C)c1cnn(C)c1. The smallest absolute Gasteiger partial charge is 0.0787 e. The summed E-state index contributed by atoms with van der Waals surface area (Å²) in [6.45, 7) is 9.58. The summed E-state index contributed by atoms with van der Waals surface area (Å²) in [6, 6.07) is 0.685. The van der Waals surface area contributed by atoms with Gasteiger partial charge in [-0.2, -0.15) is 5.10 Å². The van der Waals surface area contributed by atoms with Crippen molar-refractivity contribution in [2.24, 2.45) is 7.05 Å². The van der Waals surface area contributed by atoms with Gasteiger partial charge in [-0.05, 0) is 48.2 Å². The highest BCUT2D eigenvalue weighted by Crippen LogP contribution is 2.37. The minimum atomic E-state index is -0.130. The second kappa shape index (κ2) is 5.71. The topological polar surface area (TPSA) is 42.3 Å². The molecule has 0 aromatic carbocycles. The fraction of sp³-hybridized carbons (Fsp3) is 0.812. The Balaban J connectivity index is 2.03. The van der Waals surface area contributed by atoms with E-state index in [1.807, 2.05) is 17.9 Å². The fourth-order valence-corrected chi connectivity index (χ4v) is 3.34. The second-order valence-electron chi connectivity index (χ2n) is 7.56. The highest BCUT2D eigenvalue weighted by molar-refractivity contribution is 5.11. The zero-order valence-corrected chi connectivity index (χ0v) is 14.5. The summed E-state index contributed by atoms with van der Waals surface area (Å²) in [5.41, 5.74) is 1.06. The highest BCUT2D eigenvalue weighted by Gasteiger charge is 2.45. The molecule has 0 unspecified atom stereocenters. The van der Waals surface area contributed by atoms with E-state index in [4.69, 9.17) is 4.74 Å². The van der Waals surface area contributed by atoms with Gasteiger partial charge >= 0.3 is 0 Å². The third-order valence-electron chi connectivity index (χ3n) is 4.36. The molecule has 1 N–H and O–H groups in total. The number of hydrogen-bond donors (Lipinski definition) is 1. The molecular weight excluding hydrogens is 264 g/mol. The van der Waals surface area contributed by atoms with Crippen LogP contribution in [0.25, 0.3) is 0 Å². The maximum atomic E-state index is 6.16. The van der Waals surface area contributed by atoms with Gasteiger partial charge in [0.15, 0.2) is 0 Å². The van der Waals surface area contributed by atoms with Gasteiger partial charge < -0.3 is 15.0 Å². The lowest BCUT2D eigenvalue weighted by atomic mass is 9.94. The zero-order chi connectivity index (χ0) is 15.8. The molecule has 2 heterocycles. The van der Waals surface area contributed by atoms with Crippen LogP contribution < -0.4 is 5.32 Å². The average Bonchev–Trinajstić information content (AvgIpc) is 2.80. The van der Waals surface area contributed by atoms with Crippen LogP contribution in [0.4, 0.5) is 0 Å². The number of rotatable bonds is 5. The van der Waals surface area contributed by atoms with Crippen molar-refractivity contribution in [1.29, 1.82) is 0 Å². The molecule has 2 rings (SSSR count). The van der Waals surface area contributed by atoms with Gasteiger partial charge in [-0.1, -0.05) is 0 Å². The summed E-state index contributed by atoms with van der Waals surface area (Å²) in [7, 11) is 6.18. The average molecular weight is 294 g/mol. The number of nitrogens with one attached hydrogen (secondary N) is 1. The van der Waals surface area contributed by atoms with E-state index < -0.39 is 0 Å². The van der Waals surface area contributed by atoms with Crippen LogP contribution in [0, 0.1) is 0 Å². The van der Waals surface area contributed by atoms with Crippen molar-refractivity contribution in [3.63, 3.8) is 0 Å². The Bertz CT molecular complexity index is 478. The standard InChI is InChI=1S/C16H30N4O/c1-15(2)8-14(16(3,4)21-15)17-10-13(19(5)6)12-9-18-20(7)11-12/h9,11,13-14,17H,8,10H2,1-7H3/t13-,14-/m0/s1. The van der Waals surface area contributed by atoms with E-state index in [1.165, 1.54) is 5.56 Å². The summed E-state index contributed by atoms with van der Waals surface area (Å²) < 4.78 is 8.02. The predicted molar refractivity (Wildman–Crippen MR) is 85.3 cm³/mol. The Kier molecular flexibility index (Phi) is 4.47. The molecule has 1 aliphatic rings. The van der Waals surface area contributed by atoms with E-state index in [0.29, 0.717) is 12.1 Å². The monoisotopic (exact) mass is 294 g/mol. The van der Waals surface area contributed by atoms with Crippen LogP contribution in [-0.2, 0) is 11.8 Å². The molecule has 120 valence electrons. The van der Waals surface area contributed by atoms with Crippen molar-refractivity contribution >= 4 is 0 Å². The van der Waals surface area contributed by atoms with Gasteiger partial charge in [-0.15, -0.1) is 0 Å². The summed E-state index contributed by atoms with van der Waals surface area (Å²) in [6.07, 6.45) is 5.08. The highest BCUT2D eigenvalue weighted by atomic mass is 16.5. The van der Waals surface area contributed by atoms with Crippen LogP contribution in [0.2, 0.25) is 0 Å². The normalized spacial score (nSPS) is 25.4. The van der Waals surface area contributed by atoms with E-state index in [1.54, 1.807) is 0 Å². The van der Waals surface area contributed by atoms with Crippen molar-refractivity contribution in [3.8, 4) is 0 Å². The van der Waals surface area contributed by atoms with Gasteiger partial charge in [0, 0.05) is 37.4 Å². The maximum Gasteiger partial charge on any atom is 0.0787 e. The minimum absolute atomic E-state index is 0.0525. The lowest BCUT2D eigenvalue weighted by molar-refractivity contribution is -0.0700. The zero-order valence-electron chi connectivity index (χ0n) is 14.5. The molecule has 0 saturated carbocycles. The Labute approximate surface area is 128 Å². The number of aryl methyl sites for hydroxylation is 1. The Morgan fingerprint density at radius 1 is 1.43 bits per heavy atom. The molecule has 1 saturated heterocycles. The summed E-state index contributed by atoms with van der Waals surface area (Å²) in [4.78, 5) is 2.23. The molecule has 5 heteroatoms. The molecule has 21 heavy (non-hydrogen) atoms. The third-order valence-corrected chi connectivity index (χ3v) is 4.36. The number of ether oxygens (including phenoxy) is 1. The van der Waals surface area contributed by atoms with Crippen molar-refractivity contribution in [3.05, 3.63) is 18.0 Å². The fourth-order valence-electron chi connectivity index (χ4n) is 3.34. The number of nitrogens with zero attached hydrogens (tertiary/aromatic N) is 3. The van der Waals surface area contributed by atoms with E-state index in [-0.39, 0.29) is 11.2 Å². The Morgan fingerprint density at radius 3 is 2.52 bits per heavy atom. The van der Waals surface area contributed by atoms with E-state index in [2.05, 4.69) is 63.3 Å². The molecule has 5 nitrogen and oxygen atoms in total. The summed E-state index contributed by atoms with van der Waals surface area (Å²) in [5, 5.41) is 8.00. The van der Waals surface area contributed by atoms with E-state index in [9.17, 15) is 0 Å². The molecule has 2 atom stereocenters. The molecular formula is C16H30N4O. The summed E-state index contributed by atoms with van der Waals surface area (Å²) >= 11 is 0. The number of aromatic nitrogens is 2. The van der Waals surface area contributed by atoms with Crippen LogP contribution >= 0.6 is 0 Å². The first kappa shape index (κ1) is 16.5. The predicted octanol–water partition coefficient (Wildman–Crippen LogP) is 1.96. The van der Waals surface area contributed by atoms with Crippen molar-refractivity contribution in [2.45, 2.75) is 57.4 Å². The van der Waals surface area contributed by atoms with Gasteiger partial charge in [0.25, 0.3) is 0 Å². The lowest BCUT2D eigenvalue weighted by Crippen LogP contribution is -2.46. The van der Waals surface area contributed by atoms with Crippen molar-refractivity contribution in [1.82, 2.24) is 20.0 Å². The van der Waals surface area contributed by atoms with Gasteiger partial charge in [0.05, 0.1) is 17.4 Å². The second-order valence-corrected chi connectivity index (χ2v) is 7.56. The van der Waals surface area contributed by atoms with Gasteiger partial charge in [-0.3, -0.25) is 4.68 Å². The third kappa shape index (κ3) is 3.84. The van der Waals surface area contributed by atoms with Crippen LogP contribution in [0.5, 0.6) is 0 Å². The van der Waals surface area contributed by atoms with Crippen LogP contribution in [0.3, 0.4) is 0 Å². The number of likely N-dealkylation sites (N-methyl/N-ethyl adjacent to an activating group) is 1.